The quantitative estimate of drug-likeness (QED) is 0.685. The molecule has 0 aromatic heterocycles. The highest BCUT2D eigenvalue weighted by Gasteiger charge is 2.19. The topological polar surface area (TPSA) is 75.6 Å². The third-order valence-corrected chi connectivity index (χ3v) is 3.67. The monoisotopic (exact) mass is 256 g/mol. The lowest BCUT2D eigenvalue weighted by Gasteiger charge is -2.24. The Labute approximate surface area is 110 Å². The van der Waals surface area contributed by atoms with Gasteiger partial charge in [-0.25, -0.2) is 0 Å². The van der Waals surface area contributed by atoms with Crippen molar-refractivity contribution in [3.63, 3.8) is 0 Å². The van der Waals surface area contributed by atoms with Crippen molar-refractivity contribution < 1.29 is 4.79 Å². The molecule has 1 saturated heterocycles. The Balaban J connectivity index is 2.34. The van der Waals surface area contributed by atoms with E-state index in [1.165, 1.54) is 0 Å². The first-order chi connectivity index (χ1) is 8.52. The minimum atomic E-state index is -0.201. The predicted molar refractivity (Wildman–Crippen MR) is 74.1 cm³/mol. The average molecular weight is 256 g/mol. The van der Waals surface area contributed by atoms with Gasteiger partial charge in [0.2, 0.25) is 5.91 Å². The molecular formula is C13H28N4O. The van der Waals surface area contributed by atoms with Gasteiger partial charge in [0.05, 0.1) is 0 Å². The molecule has 5 heteroatoms. The second-order valence-electron chi connectivity index (χ2n) is 5.60. The molecule has 18 heavy (non-hydrogen) atoms. The summed E-state index contributed by atoms with van der Waals surface area (Å²) < 4.78 is 0. The number of carbonyl (C=O) groups excluding carboxylic acids is 1. The summed E-state index contributed by atoms with van der Waals surface area (Å²) in [5, 5.41) is 0. The Hall–Kier alpha value is -0.650. The summed E-state index contributed by atoms with van der Waals surface area (Å²) in [5.41, 5.74) is 11.0. The molecule has 1 fully saturated rings. The maximum Gasteiger partial charge on any atom is 0.221 e. The third kappa shape index (κ3) is 5.33. The fourth-order valence-electron chi connectivity index (χ4n) is 2.38. The van der Waals surface area contributed by atoms with Crippen LogP contribution < -0.4 is 11.5 Å². The zero-order chi connectivity index (χ0) is 13.5. The van der Waals surface area contributed by atoms with Crippen LogP contribution in [-0.2, 0) is 4.79 Å². The predicted octanol–water partition coefficient (Wildman–Crippen LogP) is -0.290. The normalized spacial score (nSPS) is 22.4. The molecule has 0 saturated carbocycles. The molecule has 0 bridgehead atoms. The molecule has 1 amide bonds. The summed E-state index contributed by atoms with van der Waals surface area (Å²) >= 11 is 0. The van der Waals surface area contributed by atoms with Crippen LogP contribution >= 0.6 is 0 Å². The number of hydrogen-bond acceptors (Lipinski definition) is 4. The molecule has 1 rings (SSSR count). The lowest BCUT2D eigenvalue weighted by molar-refractivity contribution is -0.121. The van der Waals surface area contributed by atoms with Crippen LogP contribution in [0.2, 0.25) is 0 Å². The van der Waals surface area contributed by atoms with Crippen molar-refractivity contribution in [2.24, 2.45) is 23.3 Å². The molecule has 1 aliphatic rings. The van der Waals surface area contributed by atoms with Crippen LogP contribution in [-0.4, -0.2) is 61.5 Å². The van der Waals surface area contributed by atoms with Gasteiger partial charge >= 0.3 is 0 Å². The molecule has 106 valence electrons. The van der Waals surface area contributed by atoms with Gasteiger partial charge in [-0.3, -0.25) is 4.79 Å². The average Bonchev–Trinajstić information content (AvgIpc) is 2.54. The van der Waals surface area contributed by atoms with Gasteiger partial charge in [-0.2, -0.15) is 0 Å². The van der Waals surface area contributed by atoms with Crippen LogP contribution in [0.3, 0.4) is 0 Å². The van der Waals surface area contributed by atoms with E-state index < -0.39 is 0 Å². The van der Waals surface area contributed by atoms with Gasteiger partial charge in [0.25, 0.3) is 0 Å². The fraction of sp³-hybridized carbons (Fsp3) is 0.923. The van der Waals surface area contributed by atoms with Crippen molar-refractivity contribution in [3.05, 3.63) is 0 Å². The highest BCUT2D eigenvalue weighted by molar-refractivity contribution is 5.76. The summed E-state index contributed by atoms with van der Waals surface area (Å²) in [6, 6.07) is 0. The van der Waals surface area contributed by atoms with E-state index in [1.54, 1.807) is 0 Å². The maximum absolute atomic E-state index is 11.1. The van der Waals surface area contributed by atoms with Gasteiger partial charge in [-0.15, -0.1) is 0 Å². The number of primary amides is 1. The van der Waals surface area contributed by atoms with Crippen molar-refractivity contribution in [2.45, 2.75) is 20.3 Å². The molecular weight excluding hydrogens is 228 g/mol. The molecule has 2 unspecified atom stereocenters. The molecule has 1 heterocycles. The largest absolute Gasteiger partial charge is 0.369 e. The maximum atomic E-state index is 11.1. The molecule has 5 nitrogen and oxygen atoms in total. The number of nitrogens with two attached hydrogens (primary N) is 2. The van der Waals surface area contributed by atoms with Gasteiger partial charge in [-0.05, 0) is 32.0 Å². The Morgan fingerprint density at radius 2 is 1.67 bits per heavy atom. The molecule has 0 aromatic rings. The van der Waals surface area contributed by atoms with E-state index in [9.17, 15) is 4.79 Å². The van der Waals surface area contributed by atoms with Gasteiger partial charge in [0, 0.05) is 32.1 Å². The molecule has 0 aromatic carbocycles. The standard InChI is InChI=1S/C13H28N4O/c1-11(8-14)9-16-4-3-5-17(7-6-16)10-12(2)13(15)18/h11-12H,3-10,14H2,1-2H3,(H2,15,18). The fourth-order valence-corrected chi connectivity index (χ4v) is 2.38. The Bertz CT molecular complexity index is 259. The van der Waals surface area contributed by atoms with E-state index in [2.05, 4.69) is 16.7 Å². The smallest absolute Gasteiger partial charge is 0.221 e. The van der Waals surface area contributed by atoms with E-state index in [0.29, 0.717) is 5.92 Å². The van der Waals surface area contributed by atoms with Gasteiger partial charge in [0.15, 0.2) is 0 Å². The van der Waals surface area contributed by atoms with Crippen LogP contribution in [0.15, 0.2) is 0 Å². The van der Waals surface area contributed by atoms with Crippen LogP contribution in [0, 0.1) is 11.8 Å². The minimum absolute atomic E-state index is 0.0560. The molecule has 4 N–H and O–H groups in total. The first-order valence-corrected chi connectivity index (χ1v) is 6.97. The summed E-state index contributed by atoms with van der Waals surface area (Å²) in [5.74, 6) is 0.300. The van der Waals surface area contributed by atoms with Crippen LogP contribution in [0.25, 0.3) is 0 Å². The Kier molecular flexibility index (Phi) is 6.60. The first-order valence-electron chi connectivity index (χ1n) is 6.97. The van der Waals surface area contributed by atoms with E-state index >= 15 is 0 Å². The van der Waals surface area contributed by atoms with E-state index in [-0.39, 0.29) is 11.8 Å². The molecule has 0 spiro atoms. The Morgan fingerprint density at radius 3 is 2.17 bits per heavy atom. The zero-order valence-electron chi connectivity index (χ0n) is 11.8. The number of carbonyl (C=O) groups is 1. The molecule has 2 atom stereocenters. The van der Waals surface area contributed by atoms with Gasteiger partial charge in [-0.1, -0.05) is 13.8 Å². The van der Waals surface area contributed by atoms with Crippen molar-refractivity contribution in [1.29, 1.82) is 0 Å². The van der Waals surface area contributed by atoms with Crippen molar-refractivity contribution in [3.8, 4) is 0 Å². The van der Waals surface area contributed by atoms with Crippen LogP contribution in [0.1, 0.15) is 20.3 Å². The summed E-state index contributed by atoms with van der Waals surface area (Å²) in [6.45, 7) is 11.0. The zero-order valence-corrected chi connectivity index (χ0v) is 11.8. The first kappa shape index (κ1) is 15.4. The second kappa shape index (κ2) is 7.71. The molecule has 1 aliphatic heterocycles. The molecule has 0 aliphatic carbocycles. The van der Waals surface area contributed by atoms with E-state index in [4.69, 9.17) is 11.5 Å². The second-order valence-corrected chi connectivity index (χ2v) is 5.60. The highest BCUT2D eigenvalue weighted by atomic mass is 16.1. The lowest BCUT2D eigenvalue weighted by Crippen LogP contribution is -2.38. The number of rotatable bonds is 6. The van der Waals surface area contributed by atoms with Crippen molar-refractivity contribution >= 4 is 5.91 Å². The SMILES string of the molecule is CC(CN)CN1CCCN(CC(C)C(N)=O)CC1. The Morgan fingerprint density at radius 1 is 1.11 bits per heavy atom. The summed E-state index contributed by atoms with van der Waals surface area (Å²) in [4.78, 5) is 15.9. The molecule has 0 radical (unpaired) electrons. The van der Waals surface area contributed by atoms with Gasteiger partial charge in [0.1, 0.15) is 0 Å². The van der Waals surface area contributed by atoms with E-state index in [1.807, 2.05) is 6.92 Å². The van der Waals surface area contributed by atoms with Crippen LogP contribution in [0.5, 0.6) is 0 Å². The highest BCUT2D eigenvalue weighted by Crippen LogP contribution is 2.08. The van der Waals surface area contributed by atoms with Crippen molar-refractivity contribution in [2.75, 3.05) is 45.8 Å². The third-order valence-electron chi connectivity index (χ3n) is 3.67. The van der Waals surface area contributed by atoms with Gasteiger partial charge < -0.3 is 21.3 Å². The lowest BCUT2D eigenvalue weighted by atomic mass is 10.1. The number of amides is 1. The number of hydrogen-bond donors (Lipinski definition) is 2. The summed E-state index contributed by atoms with van der Waals surface area (Å²) in [6.07, 6.45) is 1.16. The van der Waals surface area contributed by atoms with Crippen LogP contribution in [0.4, 0.5) is 0 Å². The van der Waals surface area contributed by atoms with E-state index in [0.717, 1.165) is 52.2 Å². The summed E-state index contributed by atoms with van der Waals surface area (Å²) in [7, 11) is 0. The van der Waals surface area contributed by atoms with Crippen molar-refractivity contribution in [1.82, 2.24) is 9.80 Å². The number of nitrogens with zero attached hydrogens (tertiary/aromatic N) is 2. The minimum Gasteiger partial charge on any atom is -0.369 e.